The van der Waals surface area contributed by atoms with Crippen LogP contribution in [-0.4, -0.2) is 36.6 Å². The highest BCUT2D eigenvalue weighted by Gasteiger charge is 2.12. The van der Waals surface area contributed by atoms with E-state index in [1.54, 1.807) is 24.2 Å². The molecule has 0 aliphatic rings. The van der Waals surface area contributed by atoms with Crippen LogP contribution in [0, 0.1) is 0 Å². The van der Waals surface area contributed by atoms with Gasteiger partial charge in [-0.1, -0.05) is 18.2 Å². The molecule has 1 aromatic carbocycles. The maximum atomic E-state index is 5.19. The number of ether oxygens (including phenoxy) is 1. The third-order valence-electron chi connectivity index (χ3n) is 4.10. The molecule has 0 saturated heterocycles. The number of anilines is 1. The van der Waals surface area contributed by atoms with Gasteiger partial charge in [0.2, 0.25) is 0 Å². The van der Waals surface area contributed by atoms with Crippen LogP contribution in [0.5, 0.6) is 0 Å². The first-order valence-electron chi connectivity index (χ1n) is 8.25. The molecule has 0 aliphatic carbocycles. The van der Waals surface area contributed by atoms with Gasteiger partial charge in [0, 0.05) is 33.1 Å². The summed E-state index contributed by atoms with van der Waals surface area (Å²) < 4.78 is 8.77. The predicted molar refractivity (Wildman–Crippen MR) is 97.9 cm³/mol. The van der Waals surface area contributed by atoms with Crippen LogP contribution < -0.4 is 5.32 Å². The van der Waals surface area contributed by atoms with Gasteiger partial charge in [0.05, 0.1) is 17.3 Å². The highest BCUT2D eigenvalue weighted by atomic mass is 16.5. The van der Waals surface area contributed by atoms with Gasteiger partial charge in [0.15, 0.2) is 11.5 Å². The fourth-order valence-corrected chi connectivity index (χ4v) is 2.87. The Hall–Kier alpha value is -3.26. The first kappa shape index (κ1) is 16.2. The standard InChI is InChI=1S/C18H19N7O/c1-24-18-14(11-21-24)17(22-16(23-18)12-26-2)19-10-13-6-3-4-7-15(13)25-9-5-8-20-25/h3-9,11H,10,12H2,1-2H3,(H,19,22,23). The maximum absolute atomic E-state index is 5.19. The molecule has 0 atom stereocenters. The molecule has 8 heteroatoms. The lowest BCUT2D eigenvalue weighted by molar-refractivity contribution is 0.178. The molecule has 0 bridgehead atoms. The second-order valence-corrected chi connectivity index (χ2v) is 5.86. The van der Waals surface area contributed by atoms with Crippen LogP contribution in [0.2, 0.25) is 0 Å². The van der Waals surface area contributed by atoms with Gasteiger partial charge in [-0.3, -0.25) is 4.68 Å². The fourth-order valence-electron chi connectivity index (χ4n) is 2.87. The van der Waals surface area contributed by atoms with Gasteiger partial charge in [-0.05, 0) is 17.7 Å². The summed E-state index contributed by atoms with van der Waals surface area (Å²) in [4.78, 5) is 9.10. The lowest BCUT2D eigenvalue weighted by Crippen LogP contribution is -2.09. The van der Waals surface area contributed by atoms with Crippen molar-refractivity contribution in [3.63, 3.8) is 0 Å². The molecule has 8 nitrogen and oxygen atoms in total. The number of methoxy groups -OCH3 is 1. The summed E-state index contributed by atoms with van der Waals surface area (Å²) >= 11 is 0. The van der Waals surface area contributed by atoms with E-state index >= 15 is 0 Å². The Balaban J connectivity index is 1.67. The SMILES string of the molecule is COCc1nc(NCc2ccccc2-n2cccn2)c2cnn(C)c2n1. The van der Waals surface area contributed by atoms with Gasteiger partial charge in [-0.2, -0.15) is 10.2 Å². The van der Waals surface area contributed by atoms with E-state index < -0.39 is 0 Å². The highest BCUT2D eigenvalue weighted by molar-refractivity contribution is 5.86. The average molecular weight is 349 g/mol. The van der Waals surface area contributed by atoms with Crippen LogP contribution >= 0.6 is 0 Å². The van der Waals surface area contributed by atoms with Crippen LogP contribution in [0.1, 0.15) is 11.4 Å². The number of hydrogen-bond donors (Lipinski definition) is 1. The summed E-state index contributed by atoms with van der Waals surface area (Å²) in [5.74, 6) is 1.36. The quantitative estimate of drug-likeness (QED) is 0.575. The van der Waals surface area contributed by atoms with Crippen molar-refractivity contribution in [3.05, 3.63) is 60.3 Å². The molecule has 3 aromatic heterocycles. The van der Waals surface area contributed by atoms with E-state index in [2.05, 4.69) is 31.5 Å². The monoisotopic (exact) mass is 349 g/mol. The number of benzene rings is 1. The lowest BCUT2D eigenvalue weighted by atomic mass is 10.1. The number of aryl methyl sites for hydroxylation is 1. The van der Waals surface area contributed by atoms with Crippen LogP contribution in [0.3, 0.4) is 0 Å². The molecule has 0 spiro atoms. The molecule has 0 fully saturated rings. The Bertz CT molecular complexity index is 1020. The highest BCUT2D eigenvalue weighted by Crippen LogP contribution is 2.22. The minimum atomic E-state index is 0.347. The van der Waals surface area contributed by atoms with Crippen molar-refractivity contribution >= 4 is 16.9 Å². The van der Waals surface area contributed by atoms with Crippen LogP contribution in [0.15, 0.2) is 48.9 Å². The minimum Gasteiger partial charge on any atom is -0.377 e. The summed E-state index contributed by atoms with van der Waals surface area (Å²) in [5.41, 5.74) is 2.91. The van der Waals surface area contributed by atoms with Crippen LogP contribution in [0.4, 0.5) is 5.82 Å². The topological polar surface area (TPSA) is 82.7 Å². The normalized spacial score (nSPS) is 11.2. The molecular weight excluding hydrogens is 330 g/mol. The molecular formula is C18H19N7O. The molecule has 1 N–H and O–H groups in total. The number of rotatable bonds is 6. The Labute approximate surface area is 150 Å². The predicted octanol–water partition coefficient (Wildman–Crippen LogP) is 2.31. The zero-order valence-corrected chi connectivity index (χ0v) is 14.6. The molecule has 132 valence electrons. The van der Waals surface area contributed by atoms with Crippen molar-refractivity contribution < 1.29 is 4.74 Å². The largest absolute Gasteiger partial charge is 0.377 e. The van der Waals surface area contributed by atoms with Gasteiger partial charge < -0.3 is 10.1 Å². The zero-order chi connectivity index (χ0) is 17.9. The summed E-state index contributed by atoms with van der Waals surface area (Å²) in [6.45, 7) is 0.948. The second kappa shape index (κ2) is 6.93. The number of nitrogens with one attached hydrogen (secondary N) is 1. The van der Waals surface area contributed by atoms with Crippen LogP contribution in [0.25, 0.3) is 16.7 Å². The summed E-state index contributed by atoms with van der Waals surface area (Å²) in [7, 11) is 3.49. The second-order valence-electron chi connectivity index (χ2n) is 5.86. The molecule has 0 amide bonds. The molecule has 4 rings (SSSR count). The Morgan fingerprint density at radius 3 is 2.81 bits per heavy atom. The molecule has 4 aromatic rings. The molecule has 0 unspecified atom stereocenters. The molecule has 0 saturated carbocycles. The van der Waals surface area contributed by atoms with Crippen molar-refractivity contribution in [2.75, 3.05) is 12.4 Å². The third kappa shape index (κ3) is 3.02. The minimum absolute atomic E-state index is 0.347. The maximum Gasteiger partial charge on any atom is 0.163 e. The Morgan fingerprint density at radius 1 is 1.12 bits per heavy atom. The van der Waals surface area contributed by atoms with Crippen molar-refractivity contribution in [3.8, 4) is 5.69 Å². The average Bonchev–Trinajstić information content (AvgIpc) is 3.31. The number of nitrogens with zero attached hydrogens (tertiary/aromatic N) is 6. The first-order chi connectivity index (χ1) is 12.8. The number of fused-ring (bicyclic) bond motifs is 1. The van der Waals surface area contributed by atoms with E-state index in [0.717, 1.165) is 28.1 Å². The van der Waals surface area contributed by atoms with Crippen LogP contribution in [-0.2, 0) is 24.9 Å². The number of hydrogen-bond acceptors (Lipinski definition) is 6. The summed E-state index contributed by atoms with van der Waals surface area (Å²) in [5, 5.41) is 12.9. The molecule has 3 heterocycles. The molecule has 26 heavy (non-hydrogen) atoms. The summed E-state index contributed by atoms with van der Waals surface area (Å²) in [6.07, 6.45) is 5.47. The van der Waals surface area contributed by atoms with Crippen molar-refractivity contribution in [2.45, 2.75) is 13.2 Å². The zero-order valence-electron chi connectivity index (χ0n) is 14.6. The van der Waals surface area contributed by atoms with E-state index in [0.29, 0.717) is 19.0 Å². The third-order valence-corrected chi connectivity index (χ3v) is 4.10. The van der Waals surface area contributed by atoms with Gasteiger partial charge in [-0.15, -0.1) is 0 Å². The smallest absolute Gasteiger partial charge is 0.163 e. The van der Waals surface area contributed by atoms with E-state index in [4.69, 9.17) is 4.74 Å². The van der Waals surface area contributed by atoms with Crippen molar-refractivity contribution in [2.24, 2.45) is 7.05 Å². The van der Waals surface area contributed by atoms with E-state index in [9.17, 15) is 0 Å². The molecule has 0 radical (unpaired) electrons. The summed E-state index contributed by atoms with van der Waals surface area (Å²) in [6, 6.07) is 10.0. The Kier molecular flexibility index (Phi) is 4.32. The van der Waals surface area contributed by atoms with E-state index in [-0.39, 0.29) is 0 Å². The Morgan fingerprint density at radius 2 is 2.00 bits per heavy atom. The van der Waals surface area contributed by atoms with Gasteiger partial charge in [-0.25, -0.2) is 14.6 Å². The lowest BCUT2D eigenvalue weighted by Gasteiger charge is -2.12. The van der Waals surface area contributed by atoms with E-state index in [1.165, 1.54) is 0 Å². The van der Waals surface area contributed by atoms with Gasteiger partial charge in [0.25, 0.3) is 0 Å². The number of aromatic nitrogens is 6. The van der Waals surface area contributed by atoms with Crippen molar-refractivity contribution in [1.82, 2.24) is 29.5 Å². The molecule has 0 aliphatic heterocycles. The first-order valence-corrected chi connectivity index (χ1v) is 8.25. The van der Waals surface area contributed by atoms with Crippen molar-refractivity contribution in [1.29, 1.82) is 0 Å². The van der Waals surface area contributed by atoms with E-state index in [1.807, 2.05) is 42.2 Å². The fraction of sp³-hybridized carbons (Fsp3) is 0.222. The van der Waals surface area contributed by atoms with Gasteiger partial charge >= 0.3 is 0 Å². The number of para-hydroxylation sites is 1. The van der Waals surface area contributed by atoms with Gasteiger partial charge in [0.1, 0.15) is 12.4 Å².